The molecule has 3 aromatic rings. The first-order valence-corrected chi connectivity index (χ1v) is 8.39. The molecular formula is C20H23NO. The average Bonchev–Trinajstić information content (AvgIpc) is 3.10. The van der Waals surface area contributed by atoms with Gasteiger partial charge in [-0.3, -0.25) is 4.40 Å². The lowest BCUT2D eigenvalue weighted by molar-refractivity contribution is 0.320. The van der Waals surface area contributed by atoms with E-state index in [-0.39, 0.29) is 0 Å². The average molecular weight is 293 g/mol. The zero-order chi connectivity index (χ0) is 15.1. The Balaban J connectivity index is 1.82. The highest BCUT2D eigenvalue weighted by molar-refractivity contribution is 5.67. The van der Waals surface area contributed by atoms with E-state index in [0.717, 1.165) is 11.6 Å². The minimum atomic E-state index is 0.562. The number of oxazole rings is 1. The van der Waals surface area contributed by atoms with Crippen molar-refractivity contribution in [3.63, 3.8) is 0 Å². The molecule has 0 spiro atoms. The van der Waals surface area contributed by atoms with Crippen molar-refractivity contribution in [3.8, 4) is 11.3 Å². The van der Waals surface area contributed by atoms with Crippen molar-refractivity contribution in [2.24, 2.45) is 5.92 Å². The van der Waals surface area contributed by atoms with Crippen molar-refractivity contribution in [2.45, 2.75) is 45.4 Å². The monoisotopic (exact) mass is 293 g/mol. The summed E-state index contributed by atoms with van der Waals surface area (Å²) in [6, 6.07) is 12.9. The van der Waals surface area contributed by atoms with Gasteiger partial charge in [0.25, 0.3) is 0 Å². The van der Waals surface area contributed by atoms with E-state index in [1.54, 1.807) is 0 Å². The molecule has 1 aliphatic carbocycles. The Labute approximate surface area is 131 Å². The summed E-state index contributed by atoms with van der Waals surface area (Å²) in [4.78, 5) is 0. The minimum Gasteiger partial charge on any atom is -0.442 e. The highest BCUT2D eigenvalue weighted by Gasteiger charge is 2.27. The second-order valence-electron chi connectivity index (χ2n) is 6.85. The summed E-state index contributed by atoms with van der Waals surface area (Å²) in [5.41, 5.74) is 4.77. The van der Waals surface area contributed by atoms with Crippen molar-refractivity contribution in [1.82, 2.24) is 4.40 Å². The number of benzene rings is 1. The molecule has 1 fully saturated rings. The lowest BCUT2D eigenvalue weighted by Crippen LogP contribution is -2.11. The fourth-order valence-corrected chi connectivity index (χ4v) is 3.70. The molecule has 1 aromatic carbocycles. The Morgan fingerprint density at radius 1 is 1.00 bits per heavy atom. The molecule has 2 aromatic heterocycles. The number of nitrogens with zero attached hydrogens (tertiary/aromatic N) is 1. The second kappa shape index (κ2) is 5.35. The van der Waals surface area contributed by atoms with Gasteiger partial charge in [0.1, 0.15) is 5.76 Å². The largest absolute Gasteiger partial charge is 0.442 e. The number of fused-ring (bicyclic) bond motifs is 1. The van der Waals surface area contributed by atoms with Crippen LogP contribution in [-0.2, 0) is 0 Å². The van der Waals surface area contributed by atoms with Crippen LogP contribution >= 0.6 is 0 Å². The molecule has 22 heavy (non-hydrogen) atoms. The molecule has 4 rings (SSSR count). The molecule has 0 amide bonds. The molecule has 0 aliphatic heterocycles. The second-order valence-corrected chi connectivity index (χ2v) is 6.85. The molecule has 0 bridgehead atoms. The quantitative estimate of drug-likeness (QED) is 0.583. The smallest absolute Gasteiger partial charge is 0.204 e. The lowest BCUT2D eigenvalue weighted by atomic mass is 9.81. The van der Waals surface area contributed by atoms with E-state index in [1.165, 1.54) is 48.3 Å². The summed E-state index contributed by atoms with van der Waals surface area (Å²) in [7, 11) is 0. The standard InChI is InChI=1S/C20H23NO/c1-14-5-9-16(10-6-14)19-20(17-11-7-15(2)8-12-17)22-18-4-3-13-21(18)19/h3-6,9-10,13,15,17H,7-8,11-12H2,1-2H3. The van der Waals surface area contributed by atoms with Crippen molar-refractivity contribution in [2.75, 3.05) is 0 Å². The molecule has 1 saturated carbocycles. The van der Waals surface area contributed by atoms with Gasteiger partial charge in [-0.05, 0) is 31.7 Å². The molecular weight excluding hydrogens is 270 g/mol. The van der Waals surface area contributed by atoms with Crippen LogP contribution in [0.5, 0.6) is 0 Å². The fraction of sp³-hybridized carbons (Fsp3) is 0.400. The summed E-state index contributed by atoms with van der Waals surface area (Å²) >= 11 is 0. The van der Waals surface area contributed by atoms with Gasteiger partial charge in [0.2, 0.25) is 5.71 Å². The van der Waals surface area contributed by atoms with Crippen LogP contribution in [0.4, 0.5) is 0 Å². The van der Waals surface area contributed by atoms with Gasteiger partial charge in [0, 0.05) is 23.7 Å². The molecule has 2 heteroatoms. The van der Waals surface area contributed by atoms with E-state index < -0.39 is 0 Å². The van der Waals surface area contributed by atoms with E-state index in [4.69, 9.17) is 4.42 Å². The van der Waals surface area contributed by atoms with Gasteiger partial charge in [0.05, 0.1) is 5.69 Å². The maximum Gasteiger partial charge on any atom is 0.204 e. The van der Waals surface area contributed by atoms with E-state index in [9.17, 15) is 0 Å². The molecule has 1 aliphatic rings. The van der Waals surface area contributed by atoms with E-state index >= 15 is 0 Å². The molecule has 0 unspecified atom stereocenters. The van der Waals surface area contributed by atoms with Crippen LogP contribution < -0.4 is 0 Å². The van der Waals surface area contributed by atoms with Crippen LogP contribution in [0.2, 0.25) is 0 Å². The van der Waals surface area contributed by atoms with Crippen LogP contribution in [0.1, 0.15) is 49.8 Å². The zero-order valence-corrected chi connectivity index (χ0v) is 13.4. The first kappa shape index (κ1) is 13.7. The normalized spacial score (nSPS) is 22.3. The Kier molecular flexibility index (Phi) is 3.33. The van der Waals surface area contributed by atoms with Crippen molar-refractivity contribution >= 4 is 5.71 Å². The number of hydrogen-bond acceptors (Lipinski definition) is 1. The molecule has 2 heterocycles. The summed E-state index contributed by atoms with van der Waals surface area (Å²) in [5, 5.41) is 0. The van der Waals surface area contributed by atoms with E-state index in [1.807, 2.05) is 0 Å². The van der Waals surface area contributed by atoms with Crippen molar-refractivity contribution in [3.05, 3.63) is 53.9 Å². The Hall–Kier alpha value is -1.96. The molecule has 0 saturated heterocycles. The third kappa shape index (κ3) is 2.27. The summed E-state index contributed by atoms with van der Waals surface area (Å²) in [6.07, 6.45) is 7.23. The summed E-state index contributed by atoms with van der Waals surface area (Å²) in [6.45, 7) is 4.50. The first-order chi connectivity index (χ1) is 10.7. The third-order valence-corrected chi connectivity index (χ3v) is 5.11. The molecule has 114 valence electrons. The molecule has 2 nitrogen and oxygen atoms in total. The van der Waals surface area contributed by atoms with Crippen molar-refractivity contribution < 1.29 is 4.42 Å². The van der Waals surface area contributed by atoms with Gasteiger partial charge in [-0.15, -0.1) is 0 Å². The van der Waals surface area contributed by atoms with Crippen LogP contribution in [0.3, 0.4) is 0 Å². The zero-order valence-electron chi connectivity index (χ0n) is 13.4. The van der Waals surface area contributed by atoms with E-state index in [0.29, 0.717) is 5.92 Å². The fourth-order valence-electron chi connectivity index (χ4n) is 3.70. The highest BCUT2D eigenvalue weighted by Crippen LogP contribution is 2.41. The third-order valence-electron chi connectivity index (χ3n) is 5.11. The van der Waals surface area contributed by atoms with Gasteiger partial charge in [-0.2, -0.15) is 0 Å². The maximum atomic E-state index is 6.26. The number of aryl methyl sites for hydroxylation is 1. The molecule has 0 N–H and O–H groups in total. The van der Waals surface area contributed by atoms with Crippen molar-refractivity contribution in [1.29, 1.82) is 0 Å². The van der Waals surface area contributed by atoms with E-state index in [2.05, 4.69) is 60.8 Å². The topological polar surface area (TPSA) is 17.6 Å². The van der Waals surface area contributed by atoms with Crippen LogP contribution in [0.15, 0.2) is 47.0 Å². The Bertz CT molecular complexity index is 770. The van der Waals surface area contributed by atoms with Gasteiger partial charge >= 0.3 is 0 Å². The van der Waals surface area contributed by atoms with Gasteiger partial charge in [0.15, 0.2) is 0 Å². The Morgan fingerprint density at radius 3 is 2.45 bits per heavy atom. The molecule has 0 radical (unpaired) electrons. The number of aromatic nitrogens is 1. The van der Waals surface area contributed by atoms with Gasteiger partial charge in [-0.25, -0.2) is 0 Å². The van der Waals surface area contributed by atoms with Crippen LogP contribution in [0, 0.1) is 12.8 Å². The van der Waals surface area contributed by atoms with Crippen LogP contribution in [-0.4, -0.2) is 4.40 Å². The lowest BCUT2D eigenvalue weighted by Gasteiger charge is -2.25. The SMILES string of the molecule is Cc1ccc(-c2c(C3CCC(C)CC3)oc3cccn23)cc1. The Morgan fingerprint density at radius 2 is 1.73 bits per heavy atom. The predicted octanol–water partition coefficient (Wildman–Crippen LogP) is 5.80. The van der Waals surface area contributed by atoms with Crippen LogP contribution in [0.25, 0.3) is 17.0 Å². The van der Waals surface area contributed by atoms with Gasteiger partial charge in [-0.1, -0.05) is 49.6 Å². The number of rotatable bonds is 2. The minimum absolute atomic E-state index is 0.562. The highest BCUT2D eigenvalue weighted by atomic mass is 16.4. The number of hydrogen-bond donors (Lipinski definition) is 0. The summed E-state index contributed by atoms with van der Waals surface area (Å²) < 4.78 is 8.47. The molecule has 0 atom stereocenters. The summed E-state index contributed by atoms with van der Waals surface area (Å²) in [5.74, 6) is 2.61. The van der Waals surface area contributed by atoms with Gasteiger partial charge < -0.3 is 4.42 Å². The predicted molar refractivity (Wildman–Crippen MR) is 90.2 cm³/mol. The maximum absolute atomic E-state index is 6.26. The first-order valence-electron chi connectivity index (χ1n) is 8.39.